The molecule has 2 N–H and O–H groups in total. The summed E-state index contributed by atoms with van der Waals surface area (Å²) in [5.41, 5.74) is 0. The van der Waals surface area contributed by atoms with Crippen LogP contribution >= 0.6 is 35.7 Å². The molecule has 0 radical (unpaired) electrons. The number of carbonyl (C=O) groups excluding carboxylic acids is 1. The zero-order valence-corrected chi connectivity index (χ0v) is 20.1. The van der Waals surface area contributed by atoms with Crippen molar-refractivity contribution in [3.8, 4) is 0 Å². The normalized spacial score (nSPS) is 25.2. The highest BCUT2D eigenvalue weighted by Crippen LogP contribution is 2.34. The van der Waals surface area contributed by atoms with Crippen molar-refractivity contribution >= 4 is 47.7 Å². The third-order valence-corrected chi connectivity index (χ3v) is 6.80. The highest BCUT2D eigenvalue weighted by atomic mass is 127. The third-order valence-electron chi connectivity index (χ3n) is 5.39. The molecule has 2 fully saturated rings. The minimum Gasteiger partial charge on any atom is -0.466 e. The number of nitrogens with zero attached hydrogens (tertiary/aromatic N) is 1. The summed E-state index contributed by atoms with van der Waals surface area (Å²) in [4.78, 5) is 16.8. The van der Waals surface area contributed by atoms with Crippen molar-refractivity contribution in [3.05, 3.63) is 0 Å². The van der Waals surface area contributed by atoms with E-state index in [1.54, 1.807) is 0 Å². The van der Waals surface area contributed by atoms with Crippen molar-refractivity contribution in [1.82, 2.24) is 10.6 Å². The molecule has 0 aromatic carbocycles. The topological polar surface area (TPSA) is 72.0 Å². The molecule has 0 unspecified atom stereocenters. The smallest absolute Gasteiger partial charge is 0.308 e. The van der Waals surface area contributed by atoms with Crippen molar-refractivity contribution in [2.75, 3.05) is 39.2 Å². The number of guanidine groups is 1. The third kappa shape index (κ3) is 7.97. The van der Waals surface area contributed by atoms with Gasteiger partial charge in [-0.05, 0) is 58.6 Å². The van der Waals surface area contributed by atoms with Gasteiger partial charge in [0, 0.05) is 30.5 Å². The quantitative estimate of drug-likeness (QED) is 0.236. The first-order valence-corrected chi connectivity index (χ1v) is 11.2. The van der Waals surface area contributed by atoms with E-state index in [1.165, 1.54) is 0 Å². The van der Waals surface area contributed by atoms with E-state index in [2.05, 4.69) is 23.8 Å². The van der Waals surface area contributed by atoms with Crippen LogP contribution < -0.4 is 10.6 Å². The minimum atomic E-state index is -0.0343. The highest BCUT2D eigenvalue weighted by molar-refractivity contribution is 14.0. The van der Waals surface area contributed by atoms with Crippen molar-refractivity contribution in [3.63, 3.8) is 0 Å². The Morgan fingerprint density at radius 1 is 1.22 bits per heavy atom. The summed E-state index contributed by atoms with van der Waals surface area (Å²) >= 11 is 1.91. The molecular weight excluding hydrogens is 477 g/mol. The van der Waals surface area contributed by atoms with Crippen LogP contribution in [-0.2, 0) is 14.3 Å². The van der Waals surface area contributed by atoms with Gasteiger partial charge in [0.05, 0.1) is 19.1 Å². The Morgan fingerprint density at radius 2 is 1.89 bits per heavy atom. The molecule has 0 aromatic rings. The van der Waals surface area contributed by atoms with Gasteiger partial charge in [0.15, 0.2) is 5.96 Å². The number of hydrogen-bond donors (Lipinski definition) is 2. The predicted octanol–water partition coefficient (Wildman–Crippen LogP) is 3.19. The fraction of sp³-hybridized carbons (Fsp3) is 0.895. The second kappa shape index (κ2) is 13.1. The molecule has 0 spiro atoms. The summed E-state index contributed by atoms with van der Waals surface area (Å²) in [7, 11) is 0. The molecule has 0 amide bonds. The van der Waals surface area contributed by atoms with Crippen molar-refractivity contribution < 1.29 is 14.3 Å². The van der Waals surface area contributed by atoms with Gasteiger partial charge in [0.2, 0.25) is 0 Å². The van der Waals surface area contributed by atoms with Crippen LogP contribution in [0.2, 0.25) is 0 Å². The first-order chi connectivity index (χ1) is 12.6. The molecule has 6 nitrogen and oxygen atoms in total. The Balaban J connectivity index is 0.00000364. The molecule has 1 heterocycles. The molecule has 0 aromatic heterocycles. The van der Waals surface area contributed by atoms with E-state index in [0.717, 1.165) is 70.8 Å². The van der Waals surface area contributed by atoms with Crippen LogP contribution in [0, 0.1) is 5.92 Å². The van der Waals surface area contributed by atoms with Crippen LogP contribution in [-0.4, -0.2) is 61.9 Å². The number of hydrogen-bond acceptors (Lipinski definition) is 5. The molecule has 158 valence electrons. The molecule has 2 aliphatic rings. The van der Waals surface area contributed by atoms with E-state index in [0.29, 0.717) is 12.6 Å². The van der Waals surface area contributed by atoms with Gasteiger partial charge in [-0.1, -0.05) is 0 Å². The summed E-state index contributed by atoms with van der Waals surface area (Å²) in [6.07, 6.45) is 8.04. The zero-order valence-electron chi connectivity index (χ0n) is 16.9. The lowest BCUT2D eigenvalue weighted by atomic mass is 9.86. The molecule has 1 saturated heterocycles. The molecule has 0 bridgehead atoms. The monoisotopic (exact) mass is 513 g/mol. The summed E-state index contributed by atoms with van der Waals surface area (Å²) < 4.78 is 10.9. The molecule has 27 heavy (non-hydrogen) atoms. The number of esters is 1. The van der Waals surface area contributed by atoms with Gasteiger partial charge in [-0.15, -0.1) is 24.0 Å². The number of aliphatic imine (C=N–C) groups is 1. The van der Waals surface area contributed by atoms with E-state index in [4.69, 9.17) is 14.5 Å². The largest absolute Gasteiger partial charge is 0.466 e. The first kappa shape index (κ1) is 24.8. The van der Waals surface area contributed by atoms with Crippen molar-refractivity contribution in [2.45, 2.75) is 63.2 Å². The lowest BCUT2D eigenvalue weighted by Gasteiger charge is -2.34. The molecule has 2 rings (SSSR count). The van der Waals surface area contributed by atoms with E-state index < -0.39 is 0 Å². The van der Waals surface area contributed by atoms with E-state index >= 15 is 0 Å². The lowest BCUT2D eigenvalue weighted by Crippen LogP contribution is -2.46. The van der Waals surface area contributed by atoms with E-state index in [9.17, 15) is 4.79 Å². The number of carbonyl (C=O) groups is 1. The number of rotatable bonds is 7. The maximum absolute atomic E-state index is 11.9. The Hall–Kier alpha value is -0.220. The van der Waals surface area contributed by atoms with Gasteiger partial charge in [0.1, 0.15) is 0 Å². The van der Waals surface area contributed by atoms with Gasteiger partial charge >= 0.3 is 5.97 Å². The van der Waals surface area contributed by atoms with Crippen molar-refractivity contribution in [2.24, 2.45) is 10.9 Å². The maximum atomic E-state index is 11.9. The van der Waals surface area contributed by atoms with Gasteiger partial charge in [-0.3, -0.25) is 9.79 Å². The fourth-order valence-electron chi connectivity index (χ4n) is 3.64. The average molecular weight is 513 g/mol. The zero-order chi connectivity index (χ0) is 18.8. The second-order valence-electron chi connectivity index (χ2n) is 7.14. The average Bonchev–Trinajstić information content (AvgIpc) is 2.68. The highest BCUT2D eigenvalue weighted by Gasteiger charge is 2.32. The van der Waals surface area contributed by atoms with Gasteiger partial charge in [-0.2, -0.15) is 11.8 Å². The molecule has 1 aliphatic carbocycles. The van der Waals surface area contributed by atoms with Crippen LogP contribution in [0.5, 0.6) is 0 Å². The van der Waals surface area contributed by atoms with Crippen LogP contribution in [0.1, 0.15) is 52.4 Å². The summed E-state index contributed by atoms with van der Waals surface area (Å²) in [6.45, 7) is 7.75. The van der Waals surface area contributed by atoms with Crippen LogP contribution in [0.15, 0.2) is 4.99 Å². The summed E-state index contributed by atoms with van der Waals surface area (Å²) in [5, 5.41) is 6.95. The molecular formula is C19H36IN3O3S. The Morgan fingerprint density at radius 3 is 2.44 bits per heavy atom. The Bertz CT molecular complexity index is 465. The van der Waals surface area contributed by atoms with Crippen molar-refractivity contribution in [1.29, 1.82) is 0 Å². The summed E-state index contributed by atoms with van der Waals surface area (Å²) in [6, 6.07) is 0.374. The maximum Gasteiger partial charge on any atom is 0.308 e. The SMILES string of the molecule is CCNC(=NCC1(SC)CCOCC1)NC1CCC(C(=O)OCC)CC1.I. The lowest BCUT2D eigenvalue weighted by molar-refractivity contribution is -0.149. The minimum absolute atomic E-state index is 0. The molecule has 0 atom stereocenters. The first-order valence-electron chi connectivity index (χ1n) is 9.97. The summed E-state index contributed by atoms with van der Waals surface area (Å²) in [5.74, 6) is 0.925. The van der Waals surface area contributed by atoms with Crippen LogP contribution in [0.25, 0.3) is 0 Å². The molecule has 1 aliphatic heterocycles. The number of halogens is 1. The standard InChI is InChI=1S/C19H35N3O3S.HI/c1-4-20-18(21-14-19(26-3)10-12-24-13-11-19)22-16-8-6-15(7-9-16)17(23)25-5-2;/h15-16H,4-14H2,1-3H3,(H2,20,21,22);1H. The Labute approximate surface area is 185 Å². The second-order valence-corrected chi connectivity index (χ2v) is 8.41. The van der Waals surface area contributed by atoms with E-state index in [-0.39, 0.29) is 40.6 Å². The number of thioether (sulfide) groups is 1. The predicted molar refractivity (Wildman–Crippen MR) is 123 cm³/mol. The number of nitrogens with one attached hydrogen (secondary N) is 2. The van der Waals surface area contributed by atoms with Gasteiger partial charge < -0.3 is 20.1 Å². The molecule has 1 saturated carbocycles. The number of ether oxygens (including phenoxy) is 2. The fourth-order valence-corrected chi connectivity index (χ4v) is 4.41. The van der Waals surface area contributed by atoms with Crippen LogP contribution in [0.3, 0.4) is 0 Å². The Kier molecular flexibility index (Phi) is 12.0. The van der Waals surface area contributed by atoms with Gasteiger partial charge in [0.25, 0.3) is 0 Å². The van der Waals surface area contributed by atoms with Crippen LogP contribution in [0.4, 0.5) is 0 Å². The van der Waals surface area contributed by atoms with Gasteiger partial charge in [-0.25, -0.2) is 0 Å². The molecule has 8 heteroatoms. The van der Waals surface area contributed by atoms with E-state index in [1.807, 2.05) is 18.7 Å².